The molecule has 3 aromatic rings. The Morgan fingerprint density at radius 1 is 1.11 bits per heavy atom. The number of anilines is 1. The van der Waals surface area contributed by atoms with Crippen LogP contribution in [0.5, 0.6) is 0 Å². The number of hydrogen-bond donors (Lipinski definition) is 4. The number of ether oxygens (including phenoxy) is 1. The molecular formula is C28H32N4O5. The van der Waals surface area contributed by atoms with Gasteiger partial charge in [-0.1, -0.05) is 25.1 Å². The highest BCUT2D eigenvalue weighted by Gasteiger charge is 2.44. The fraction of sp³-hybridized carbons (Fsp3) is 0.357. The van der Waals surface area contributed by atoms with Crippen LogP contribution in [0.25, 0.3) is 28.1 Å². The number of carbonyl (C=O) groups excluding carboxylic acids is 1. The van der Waals surface area contributed by atoms with Crippen LogP contribution in [0.1, 0.15) is 19.0 Å². The highest BCUT2D eigenvalue weighted by atomic mass is 16.6. The number of nitrogens with zero attached hydrogens (tertiary/aromatic N) is 3. The lowest BCUT2D eigenvalue weighted by atomic mass is 9.95. The fourth-order valence-electron chi connectivity index (χ4n) is 4.60. The van der Waals surface area contributed by atoms with Crippen molar-refractivity contribution in [2.75, 3.05) is 19.0 Å². The summed E-state index contributed by atoms with van der Waals surface area (Å²) in [6.45, 7) is 1.75. The minimum Gasteiger partial charge on any atom is -0.388 e. The topological polar surface area (TPSA) is 131 Å². The third-order valence-electron chi connectivity index (χ3n) is 6.87. The van der Waals surface area contributed by atoms with Crippen molar-refractivity contribution in [3.63, 3.8) is 0 Å². The molecule has 1 amide bonds. The zero-order valence-corrected chi connectivity index (χ0v) is 21.3. The molecule has 1 aliphatic rings. The first-order valence-corrected chi connectivity index (χ1v) is 12.1. The number of fused-ring (bicyclic) bond motifs is 1. The van der Waals surface area contributed by atoms with Crippen molar-refractivity contribution in [2.45, 2.75) is 44.0 Å². The Morgan fingerprint density at radius 3 is 2.49 bits per heavy atom. The highest BCUT2D eigenvalue weighted by molar-refractivity contribution is 6.02. The van der Waals surface area contributed by atoms with Gasteiger partial charge < -0.3 is 34.8 Å². The Bertz CT molecular complexity index is 1370. The van der Waals surface area contributed by atoms with E-state index in [1.54, 1.807) is 6.92 Å². The molecule has 0 aliphatic carbocycles. The van der Waals surface area contributed by atoms with E-state index in [9.17, 15) is 25.4 Å². The first-order chi connectivity index (χ1) is 17.6. The molecule has 1 aliphatic heterocycles. The van der Waals surface area contributed by atoms with Gasteiger partial charge in [-0.15, -0.1) is 0 Å². The summed E-state index contributed by atoms with van der Waals surface area (Å²) < 4.78 is 7.18. The minimum atomic E-state index is -1.52. The molecule has 1 fully saturated rings. The summed E-state index contributed by atoms with van der Waals surface area (Å²) in [5.74, 6) is -0.790. The quantitative estimate of drug-likeness (QED) is 0.299. The Hall–Kier alpha value is -3.68. The molecule has 1 saturated heterocycles. The second-order valence-electron chi connectivity index (χ2n) is 9.47. The van der Waals surface area contributed by atoms with Gasteiger partial charge in [0.1, 0.15) is 29.9 Å². The molecule has 0 spiro atoms. The van der Waals surface area contributed by atoms with Crippen LogP contribution in [0.15, 0.2) is 54.1 Å². The highest BCUT2D eigenvalue weighted by Crippen LogP contribution is 2.29. The van der Waals surface area contributed by atoms with Crippen LogP contribution in [-0.4, -0.2) is 70.5 Å². The van der Waals surface area contributed by atoms with E-state index in [0.29, 0.717) is 12.1 Å². The maximum atomic E-state index is 12.8. The van der Waals surface area contributed by atoms with Gasteiger partial charge >= 0.3 is 0 Å². The summed E-state index contributed by atoms with van der Waals surface area (Å²) >= 11 is 0. The number of benzene rings is 2. The molecule has 9 heteroatoms. The van der Waals surface area contributed by atoms with Gasteiger partial charge in [-0.2, -0.15) is 5.26 Å². The molecule has 0 radical (unpaired) electrons. The molecule has 9 nitrogen and oxygen atoms in total. The molecule has 4 N–H and O–H groups in total. The van der Waals surface area contributed by atoms with Gasteiger partial charge in [0.2, 0.25) is 0 Å². The van der Waals surface area contributed by atoms with E-state index in [1.807, 2.05) is 50.0 Å². The molecule has 2 aromatic carbocycles. The Morgan fingerprint density at radius 2 is 1.81 bits per heavy atom. The summed E-state index contributed by atoms with van der Waals surface area (Å²) in [5.41, 5.74) is 3.42. The predicted molar refractivity (Wildman–Crippen MR) is 141 cm³/mol. The Kier molecular flexibility index (Phi) is 7.66. The van der Waals surface area contributed by atoms with E-state index in [1.165, 1.54) is 6.08 Å². The smallest absolute Gasteiger partial charge is 0.262 e. The van der Waals surface area contributed by atoms with E-state index < -0.39 is 36.6 Å². The zero-order chi connectivity index (χ0) is 26.9. The molecule has 37 heavy (non-hydrogen) atoms. The van der Waals surface area contributed by atoms with Crippen molar-refractivity contribution in [1.29, 1.82) is 5.26 Å². The van der Waals surface area contributed by atoms with E-state index in [-0.39, 0.29) is 5.57 Å². The lowest BCUT2D eigenvalue weighted by Crippen LogP contribution is -2.63. The predicted octanol–water partition coefficient (Wildman–Crippen LogP) is 2.15. The van der Waals surface area contributed by atoms with Gasteiger partial charge in [-0.25, -0.2) is 0 Å². The number of hydrogen-bond acceptors (Lipinski definition) is 7. The Labute approximate surface area is 215 Å². The van der Waals surface area contributed by atoms with Crippen LogP contribution in [0, 0.1) is 11.3 Å². The van der Waals surface area contributed by atoms with Gasteiger partial charge in [-0.05, 0) is 59.2 Å². The van der Waals surface area contributed by atoms with Crippen molar-refractivity contribution in [3.8, 4) is 17.3 Å². The summed E-state index contributed by atoms with van der Waals surface area (Å²) in [6.07, 6.45) is -3.17. The van der Waals surface area contributed by atoms with Crippen molar-refractivity contribution >= 4 is 28.4 Å². The van der Waals surface area contributed by atoms with Gasteiger partial charge in [0.05, 0.1) is 6.10 Å². The number of aromatic nitrogens is 1. The third kappa shape index (κ3) is 5.24. The maximum Gasteiger partial charge on any atom is 0.262 e. The summed E-state index contributed by atoms with van der Waals surface area (Å²) in [6, 6.07) is 16.8. The van der Waals surface area contributed by atoms with E-state index in [0.717, 1.165) is 27.7 Å². The lowest BCUT2D eigenvalue weighted by molar-refractivity contribution is -0.247. The third-order valence-corrected chi connectivity index (χ3v) is 6.87. The standard InChI is InChI=1S/C28H32N4O5/c1-5-23-25(33)26(34)24(28(36)37-23)30-27(35)19(15-29)14-21-10-11-22(32(21)4)18-7-6-17-13-20(31(2)3)9-8-16(17)12-18/h6-14,23-26,28,33-34,36H,5H2,1-4H3,(H,30,35)/b19-14+/t23-,24-,25-,26-,28?/m1/s1. The number of aliphatic hydroxyl groups excluding tert-OH is 3. The molecule has 0 saturated carbocycles. The van der Waals surface area contributed by atoms with E-state index in [2.05, 4.69) is 40.5 Å². The number of nitrogens with one attached hydrogen (secondary N) is 1. The minimum absolute atomic E-state index is 0.214. The average Bonchev–Trinajstić information content (AvgIpc) is 3.25. The molecule has 4 rings (SSSR count). The molecular weight excluding hydrogens is 472 g/mol. The number of aliphatic hydroxyl groups is 3. The van der Waals surface area contributed by atoms with Crippen LogP contribution in [-0.2, 0) is 16.6 Å². The summed E-state index contributed by atoms with van der Waals surface area (Å²) in [5, 5.41) is 45.1. The average molecular weight is 505 g/mol. The second kappa shape index (κ2) is 10.7. The molecule has 1 aromatic heterocycles. The molecule has 0 bridgehead atoms. The first-order valence-electron chi connectivity index (χ1n) is 12.1. The number of nitriles is 1. The monoisotopic (exact) mass is 504 g/mol. The van der Waals surface area contributed by atoms with Gasteiger partial charge in [0.25, 0.3) is 5.91 Å². The largest absolute Gasteiger partial charge is 0.388 e. The SMILES string of the molecule is CC[C@H]1OC(O)[C@H](NC(=O)/C(C#N)=C/c2ccc(-c3ccc4cc(N(C)C)ccc4c3)n2C)[C@@H](O)[C@@H]1O. The van der Waals surface area contributed by atoms with E-state index >= 15 is 0 Å². The molecule has 5 atom stereocenters. The van der Waals surface area contributed by atoms with Crippen LogP contribution in [0.3, 0.4) is 0 Å². The van der Waals surface area contributed by atoms with Gasteiger partial charge in [-0.3, -0.25) is 4.79 Å². The number of rotatable bonds is 6. The van der Waals surface area contributed by atoms with Crippen LogP contribution in [0.4, 0.5) is 5.69 Å². The van der Waals surface area contributed by atoms with Crippen molar-refractivity contribution in [3.05, 3.63) is 59.8 Å². The fourth-order valence-corrected chi connectivity index (χ4v) is 4.60. The number of amides is 1. The summed E-state index contributed by atoms with van der Waals surface area (Å²) in [4.78, 5) is 14.9. The maximum absolute atomic E-state index is 12.8. The molecule has 194 valence electrons. The van der Waals surface area contributed by atoms with Gasteiger partial charge in [0, 0.05) is 38.2 Å². The van der Waals surface area contributed by atoms with Crippen molar-refractivity contribution in [2.24, 2.45) is 7.05 Å². The van der Waals surface area contributed by atoms with Crippen LogP contribution >= 0.6 is 0 Å². The normalized spacial score (nSPS) is 24.1. The first kappa shape index (κ1) is 26.4. The molecule has 1 unspecified atom stereocenters. The zero-order valence-electron chi connectivity index (χ0n) is 21.3. The molecule has 2 heterocycles. The van der Waals surface area contributed by atoms with Crippen LogP contribution < -0.4 is 10.2 Å². The van der Waals surface area contributed by atoms with Crippen molar-refractivity contribution in [1.82, 2.24) is 9.88 Å². The van der Waals surface area contributed by atoms with Crippen LogP contribution in [0.2, 0.25) is 0 Å². The number of carbonyl (C=O) groups is 1. The van der Waals surface area contributed by atoms with E-state index in [4.69, 9.17) is 4.74 Å². The Balaban J connectivity index is 1.56. The summed E-state index contributed by atoms with van der Waals surface area (Å²) in [7, 11) is 5.85. The van der Waals surface area contributed by atoms with Crippen molar-refractivity contribution < 1.29 is 24.9 Å². The second-order valence-corrected chi connectivity index (χ2v) is 9.47. The lowest BCUT2D eigenvalue weighted by Gasteiger charge is -2.40. The van der Waals surface area contributed by atoms with Gasteiger partial charge in [0.15, 0.2) is 6.29 Å².